The van der Waals surface area contributed by atoms with Crippen LogP contribution >= 0.6 is 0 Å². The standard InChI is InChI=1S/C41H33N3/c1-5-27-22(3)33-18-25-17-26(30-14-8-7-13-29(25)30)19-34-23(4)28(6-2)36(43-34)21-38-41-32-16-10-12-24-11-9-15-31(39(24)32)40(41)37(44-38)20-35(27)42-33/h7-21,42-43H,5-6H2,1-4H3. The predicted molar refractivity (Wildman–Crippen MR) is 186 cm³/mol. The molecule has 9 rings (SSSR count). The van der Waals surface area contributed by atoms with Crippen LogP contribution < -0.4 is 0 Å². The Bertz CT molecular complexity index is 2480. The van der Waals surface area contributed by atoms with Crippen molar-refractivity contribution in [2.45, 2.75) is 40.5 Å². The summed E-state index contributed by atoms with van der Waals surface area (Å²) in [5.41, 5.74) is 17.0. The summed E-state index contributed by atoms with van der Waals surface area (Å²) >= 11 is 0. The molecule has 3 aromatic heterocycles. The van der Waals surface area contributed by atoms with Gasteiger partial charge in [0.05, 0.1) is 11.0 Å². The SMILES string of the molecule is CCc1c(C)c2cc3cc(cc4[nH]c(cc5nc(cc1[nH]2)c1c2cccc6cccc(c5=1)c62)c(CC)c4C)-c1ccccc1-3. The summed E-state index contributed by atoms with van der Waals surface area (Å²) in [6, 6.07) is 33.7. The van der Waals surface area contributed by atoms with Crippen LogP contribution in [0.3, 0.4) is 0 Å². The zero-order chi connectivity index (χ0) is 29.7. The summed E-state index contributed by atoms with van der Waals surface area (Å²) in [7, 11) is 0. The highest BCUT2D eigenvalue weighted by Crippen LogP contribution is 2.40. The van der Waals surface area contributed by atoms with Gasteiger partial charge >= 0.3 is 0 Å². The minimum atomic E-state index is 0.949. The van der Waals surface area contributed by atoms with E-state index < -0.39 is 0 Å². The molecule has 2 aliphatic carbocycles. The van der Waals surface area contributed by atoms with Crippen molar-refractivity contribution in [3.05, 3.63) is 124 Å². The van der Waals surface area contributed by atoms with Gasteiger partial charge in [0.2, 0.25) is 0 Å². The second-order valence-corrected chi connectivity index (χ2v) is 12.3. The van der Waals surface area contributed by atoms with Crippen molar-refractivity contribution in [1.82, 2.24) is 15.0 Å². The Morgan fingerprint density at radius 1 is 0.545 bits per heavy atom. The molecule has 0 spiro atoms. The molecule has 0 amide bonds. The minimum absolute atomic E-state index is 0.949. The number of fused-ring (bicyclic) bond motifs is 15. The molecule has 3 aliphatic rings. The van der Waals surface area contributed by atoms with E-state index in [-0.39, 0.29) is 0 Å². The molecule has 0 saturated carbocycles. The number of nitrogens with one attached hydrogen (secondary N) is 2. The van der Waals surface area contributed by atoms with E-state index in [4.69, 9.17) is 4.98 Å². The van der Waals surface area contributed by atoms with Crippen LogP contribution in [0.25, 0.3) is 76.9 Å². The first kappa shape index (κ1) is 25.4. The van der Waals surface area contributed by atoms with Crippen LogP contribution in [0.2, 0.25) is 0 Å². The van der Waals surface area contributed by atoms with Crippen molar-refractivity contribution in [2.75, 3.05) is 0 Å². The Labute approximate surface area is 255 Å². The summed E-state index contributed by atoms with van der Waals surface area (Å²) in [5.74, 6) is 0. The van der Waals surface area contributed by atoms with Crippen molar-refractivity contribution >= 4 is 54.6 Å². The minimum Gasteiger partial charge on any atom is -0.355 e. The number of hydrogen-bond acceptors (Lipinski definition) is 1. The fourth-order valence-corrected chi connectivity index (χ4v) is 7.95. The topological polar surface area (TPSA) is 44.5 Å². The second-order valence-electron chi connectivity index (χ2n) is 12.3. The average Bonchev–Trinajstić information content (AvgIpc) is 3.80. The van der Waals surface area contributed by atoms with E-state index in [2.05, 4.69) is 129 Å². The van der Waals surface area contributed by atoms with Gasteiger partial charge in [0.1, 0.15) is 0 Å². The first-order chi connectivity index (χ1) is 21.5. The van der Waals surface area contributed by atoms with E-state index in [1.807, 2.05) is 0 Å². The van der Waals surface area contributed by atoms with Crippen LogP contribution in [-0.4, -0.2) is 15.0 Å². The van der Waals surface area contributed by atoms with Gasteiger partial charge in [-0.2, -0.15) is 0 Å². The monoisotopic (exact) mass is 567 g/mol. The molecule has 0 fully saturated rings. The molecule has 0 atom stereocenters. The third kappa shape index (κ3) is 3.41. The molecule has 3 heteroatoms. The van der Waals surface area contributed by atoms with Crippen molar-refractivity contribution in [2.24, 2.45) is 0 Å². The summed E-state index contributed by atoms with van der Waals surface area (Å²) in [4.78, 5) is 13.1. The van der Waals surface area contributed by atoms with Gasteiger partial charge in [-0.15, -0.1) is 0 Å². The third-order valence-electron chi connectivity index (χ3n) is 10.1. The van der Waals surface area contributed by atoms with Crippen LogP contribution in [0.4, 0.5) is 0 Å². The number of aryl methyl sites for hydroxylation is 4. The first-order valence-corrected chi connectivity index (χ1v) is 15.8. The zero-order valence-electron chi connectivity index (χ0n) is 25.5. The molecule has 1 aliphatic heterocycles. The normalized spacial score (nSPS) is 12.3. The smallest absolute Gasteiger partial charge is 0.0743 e. The lowest BCUT2D eigenvalue weighted by molar-refractivity contribution is 1.14. The van der Waals surface area contributed by atoms with Crippen molar-refractivity contribution < 1.29 is 0 Å². The zero-order valence-corrected chi connectivity index (χ0v) is 25.5. The number of H-pyrrole nitrogens is 2. The fraction of sp³-hybridized carbons (Fsp3) is 0.146. The van der Waals surface area contributed by atoms with Gasteiger partial charge in [-0.05, 0) is 123 Å². The highest BCUT2D eigenvalue weighted by molar-refractivity contribution is 6.14. The molecule has 6 aromatic rings. The first-order valence-electron chi connectivity index (χ1n) is 15.8. The molecular weight excluding hydrogens is 534 g/mol. The van der Waals surface area contributed by atoms with Crippen LogP contribution in [-0.2, 0) is 12.8 Å². The van der Waals surface area contributed by atoms with E-state index in [0.717, 1.165) is 45.9 Å². The van der Waals surface area contributed by atoms with E-state index in [1.165, 1.54) is 76.5 Å². The molecule has 3 nitrogen and oxygen atoms in total. The van der Waals surface area contributed by atoms with Crippen LogP contribution in [0, 0.1) is 24.3 Å². The van der Waals surface area contributed by atoms with E-state index in [9.17, 15) is 0 Å². The number of aromatic amines is 2. The Kier molecular flexibility index (Phi) is 5.29. The predicted octanol–water partition coefficient (Wildman–Crippen LogP) is 10.7. The molecule has 0 radical (unpaired) electrons. The summed E-state index contributed by atoms with van der Waals surface area (Å²) in [6.45, 7) is 9.00. The molecule has 8 bridgehead atoms. The highest BCUT2D eigenvalue weighted by Gasteiger charge is 2.18. The van der Waals surface area contributed by atoms with Gasteiger partial charge in [-0.25, -0.2) is 4.98 Å². The largest absolute Gasteiger partial charge is 0.355 e. The van der Waals surface area contributed by atoms with Crippen molar-refractivity contribution in [3.8, 4) is 22.3 Å². The van der Waals surface area contributed by atoms with Gasteiger partial charge < -0.3 is 9.97 Å². The Balaban J connectivity index is 1.56. The van der Waals surface area contributed by atoms with Crippen molar-refractivity contribution in [1.29, 1.82) is 0 Å². The van der Waals surface area contributed by atoms with Crippen LogP contribution in [0.1, 0.15) is 36.1 Å². The number of hydrogen-bond donors (Lipinski definition) is 2. The van der Waals surface area contributed by atoms with Crippen LogP contribution in [0.15, 0.2) is 91.0 Å². The average molecular weight is 568 g/mol. The number of rotatable bonds is 2. The Morgan fingerprint density at radius 3 is 1.52 bits per heavy atom. The van der Waals surface area contributed by atoms with Gasteiger partial charge in [-0.3, -0.25) is 0 Å². The lowest BCUT2D eigenvalue weighted by atomic mass is 10.0. The number of aromatic nitrogens is 3. The van der Waals surface area contributed by atoms with Gasteiger partial charge in [-0.1, -0.05) is 74.5 Å². The maximum absolute atomic E-state index is 5.41. The number of benzene rings is 3. The van der Waals surface area contributed by atoms with E-state index in [0.29, 0.717) is 0 Å². The molecule has 212 valence electrons. The van der Waals surface area contributed by atoms with Gasteiger partial charge in [0, 0.05) is 32.5 Å². The van der Waals surface area contributed by atoms with Crippen LogP contribution in [0.5, 0.6) is 0 Å². The van der Waals surface area contributed by atoms with Gasteiger partial charge in [0.15, 0.2) is 0 Å². The molecule has 2 N–H and O–H groups in total. The van der Waals surface area contributed by atoms with Gasteiger partial charge in [0.25, 0.3) is 0 Å². The summed E-state index contributed by atoms with van der Waals surface area (Å²) in [5, 5.41) is 7.65. The molecule has 0 unspecified atom stereocenters. The molecule has 44 heavy (non-hydrogen) atoms. The third-order valence-corrected chi connectivity index (χ3v) is 10.1. The maximum atomic E-state index is 5.41. The molecular formula is C41H33N3. The Hall–Kier alpha value is -5.15. The Morgan fingerprint density at radius 2 is 1.05 bits per heavy atom. The lowest BCUT2D eigenvalue weighted by Gasteiger charge is -2.00. The molecule has 0 saturated heterocycles. The van der Waals surface area contributed by atoms with Crippen molar-refractivity contribution in [3.63, 3.8) is 0 Å². The highest BCUT2D eigenvalue weighted by atomic mass is 14.7. The summed E-state index contributed by atoms with van der Waals surface area (Å²) < 4.78 is 0. The molecule has 3 aromatic carbocycles. The van der Waals surface area contributed by atoms with E-state index in [1.54, 1.807) is 0 Å². The summed E-state index contributed by atoms with van der Waals surface area (Å²) in [6.07, 6.45) is 1.90. The second kappa shape index (κ2) is 9.17. The number of nitrogens with zero attached hydrogens (tertiary/aromatic N) is 1. The lowest BCUT2D eigenvalue weighted by Crippen LogP contribution is -1.80. The maximum Gasteiger partial charge on any atom is 0.0743 e. The van der Waals surface area contributed by atoms with E-state index >= 15 is 0 Å². The fourth-order valence-electron chi connectivity index (χ4n) is 7.95. The quantitative estimate of drug-likeness (QED) is 0.214. The molecule has 4 heterocycles.